The monoisotopic (exact) mass is 337 g/mol. The van der Waals surface area contributed by atoms with Gasteiger partial charge in [0.1, 0.15) is 5.75 Å². The molecule has 1 saturated carbocycles. The van der Waals surface area contributed by atoms with E-state index in [1.165, 1.54) is 18.4 Å². The van der Waals surface area contributed by atoms with Crippen molar-refractivity contribution in [2.45, 2.75) is 39.0 Å². The lowest BCUT2D eigenvalue weighted by atomic mass is 10.2. The van der Waals surface area contributed by atoms with E-state index in [1.54, 1.807) is 6.92 Å². The Morgan fingerprint density at radius 1 is 1.45 bits per heavy atom. The fraction of sp³-hybridized carbons (Fsp3) is 0.429. The van der Waals surface area contributed by atoms with Gasteiger partial charge in [-0.3, -0.25) is 0 Å². The van der Waals surface area contributed by atoms with Crippen molar-refractivity contribution >= 4 is 15.9 Å². The van der Waals surface area contributed by atoms with Crippen molar-refractivity contribution < 1.29 is 9.26 Å². The SMILES string of the molecule is Cc1nc(COc2ccc(CNC3CC3)cc2Br)no1. The van der Waals surface area contributed by atoms with Gasteiger partial charge in [-0.25, -0.2) is 0 Å². The van der Waals surface area contributed by atoms with Gasteiger partial charge < -0.3 is 14.6 Å². The first kappa shape index (κ1) is 13.6. The standard InChI is InChI=1S/C14H16BrN3O2/c1-9-17-14(18-20-9)8-19-13-5-2-10(6-12(13)15)7-16-11-3-4-11/h2,5-6,11,16H,3-4,7-8H2,1H3. The Bertz CT molecular complexity index is 596. The molecule has 1 aliphatic carbocycles. The third-order valence-corrected chi connectivity index (χ3v) is 3.71. The summed E-state index contributed by atoms with van der Waals surface area (Å²) >= 11 is 3.53. The van der Waals surface area contributed by atoms with Crippen molar-refractivity contribution in [3.63, 3.8) is 0 Å². The van der Waals surface area contributed by atoms with Crippen LogP contribution in [0, 0.1) is 6.92 Å². The van der Waals surface area contributed by atoms with E-state index in [-0.39, 0.29) is 0 Å². The van der Waals surface area contributed by atoms with Crippen molar-refractivity contribution in [2.24, 2.45) is 0 Å². The topological polar surface area (TPSA) is 60.2 Å². The second kappa shape index (κ2) is 5.93. The smallest absolute Gasteiger partial charge is 0.223 e. The van der Waals surface area contributed by atoms with E-state index >= 15 is 0 Å². The molecule has 6 heteroatoms. The summed E-state index contributed by atoms with van der Waals surface area (Å²) in [7, 11) is 0. The van der Waals surface area contributed by atoms with Crippen LogP contribution in [0.3, 0.4) is 0 Å². The lowest BCUT2D eigenvalue weighted by molar-refractivity contribution is 0.284. The van der Waals surface area contributed by atoms with Crippen LogP contribution in [0.5, 0.6) is 5.75 Å². The summed E-state index contributed by atoms with van der Waals surface area (Å²) in [6.45, 7) is 2.96. The molecule has 1 N–H and O–H groups in total. The molecule has 0 radical (unpaired) electrons. The van der Waals surface area contributed by atoms with Crippen LogP contribution in [0.25, 0.3) is 0 Å². The molecule has 1 fully saturated rings. The minimum absolute atomic E-state index is 0.301. The van der Waals surface area contributed by atoms with Crippen LogP contribution in [0.1, 0.15) is 30.1 Å². The van der Waals surface area contributed by atoms with E-state index in [0.29, 0.717) is 24.4 Å². The molecule has 0 amide bonds. The Morgan fingerprint density at radius 2 is 2.30 bits per heavy atom. The Kier molecular flexibility index (Phi) is 4.03. The Morgan fingerprint density at radius 3 is 2.95 bits per heavy atom. The molecule has 0 bridgehead atoms. The number of nitrogens with zero attached hydrogens (tertiary/aromatic N) is 2. The molecule has 0 atom stereocenters. The zero-order valence-corrected chi connectivity index (χ0v) is 12.8. The minimum atomic E-state index is 0.301. The van der Waals surface area contributed by atoms with Crippen LogP contribution in [0.15, 0.2) is 27.2 Å². The fourth-order valence-electron chi connectivity index (χ4n) is 1.86. The van der Waals surface area contributed by atoms with E-state index in [0.717, 1.165) is 16.8 Å². The molecule has 1 heterocycles. The van der Waals surface area contributed by atoms with Gasteiger partial charge in [0.15, 0.2) is 6.61 Å². The van der Waals surface area contributed by atoms with Crippen LogP contribution in [-0.2, 0) is 13.2 Å². The summed E-state index contributed by atoms with van der Waals surface area (Å²) in [5.41, 5.74) is 1.24. The number of hydrogen-bond donors (Lipinski definition) is 1. The predicted octanol–water partition coefficient (Wildman–Crippen LogP) is 2.97. The van der Waals surface area contributed by atoms with Gasteiger partial charge in [0, 0.05) is 19.5 Å². The minimum Gasteiger partial charge on any atom is -0.484 e. The van der Waals surface area contributed by atoms with E-state index in [9.17, 15) is 0 Å². The van der Waals surface area contributed by atoms with Gasteiger partial charge >= 0.3 is 0 Å². The van der Waals surface area contributed by atoms with E-state index in [1.807, 2.05) is 6.07 Å². The number of hydrogen-bond acceptors (Lipinski definition) is 5. The highest BCUT2D eigenvalue weighted by Gasteiger charge is 2.20. The summed E-state index contributed by atoms with van der Waals surface area (Å²) in [4.78, 5) is 4.10. The molecule has 0 spiro atoms. The maximum Gasteiger partial charge on any atom is 0.223 e. The number of aryl methyl sites for hydroxylation is 1. The quantitative estimate of drug-likeness (QED) is 0.877. The van der Waals surface area contributed by atoms with Gasteiger partial charge in [-0.05, 0) is 46.5 Å². The van der Waals surface area contributed by atoms with Gasteiger partial charge in [-0.2, -0.15) is 4.98 Å². The van der Waals surface area contributed by atoms with Crippen molar-refractivity contribution in [3.05, 3.63) is 40.0 Å². The molecule has 0 unspecified atom stereocenters. The average molecular weight is 338 g/mol. The highest BCUT2D eigenvalue weighted by atomic mass is 79.9. The van der Waals surface area contributed by atoms with Gasteiger partial charge in [0.25, 0.3) is 0 Å². The molecule has 1 aliphatic rings. The summed E-state index contributed by atoms with van der Waals surface area (Å²) in [6.07, 6.45) is 2.60. The molecule has 5 nitrogen and oxygen atoms in total. The first-order chi connectivity index (χ1) is 9.70. The van der Waals surface area contributed by atoms with Gasteiger partial charge in [0.2, 0.25) is 11.7 Å². The number of halogens is 1. The van der Waals surface area contributed by atoms with Crippen LogP contribution < -0.4 is 10.1 Å². The predicted molar refractivity (Wildman–Crippen MR) is 77.4 cm³/mol. The average Bonchev–Trinajstić information content (AvgIpc) is 3.17. The number of nitrogens with one attached hydrogen (secondary N) is 1. The van der Waals surface area contributed by atoms with Crippen molar-refractivity contribution in [1.82, 2.24) is 15.5 Å². The maximum atomic E-state index is 5.68. The highest BCUT2D eigenvalue weighted by molar-refractivity contribution is 9.10. The van der Waals surface area contributed by atoms with Crippen LogP contribution in [0.2, 0.25) is 0 Å². The van der Waals surface area contributed by atoms with Crippen molar-refractivity contribution in [3.8, 4) is 5.75 Å². The Balaban J connectivity index is 1.58. The first-order valence-electron chi connectivity index (χ1n) is 6.64. The van der Waals surface area contributed by atoms with Crippen LogP contribution in [-0.4, -0.2) is 16.2 Å². The number of benzene rings is 1. The van der Waals surface area contributed by atoms with Gasteiger partial charge in [0.05, 0.1) is 4.47 Å². The third-order valence-electron chi connectivity index (χ3n) is 3.09. The van der Waals surface area contributed by atoms with Crippen molar-refractivity contribution in [1.29, 1.82) is 0 Å². The van der Waals surface area contributed by atoms with Gasteiger partial charge in [-0.15, -0.1) is 0 Å². The zero-order valence-electron chi connectivity index (χ0n) is 11.2. The molecule has 20 heavy (non-hydrogen) atoms. The number of aromatic nitrogens is 2. The van der Waals surface area contributed by atoms with Crippen LogP contribution >= 0.6 is 15.9 Å². The van der Waals surface area contributed by atoms with E-state index in [2.05, 4.69) is 43.5 Å². The summed E-state index contributed by atoms with van der Waals surface area (Å²) in [5.74, 6) is 1.88. The summed E-state index contributed by atoms with van der Waals surface area (Å²) in [5, 5.41) is 7.28. The van der Waals surface area contributed by atoms with Crippen LogP contribution in [0.4, 0.5) is 0 Å². The Hall–Kier alpha value is -1.40. The molecular formula is C14H16BrN3O2. The number of rotatable bonds is 6. The zero-order chi connectivity index (χ0) is 13.9. The van der Waals surface area contributed by atoms with Gasteiger partial charge in [-0.1, -0.05) is 11.2 Å². The molecule has 1 aromatic carbocycles. The number of ether oxygens (including phenoxy) is 1. The molecule has 2 aromatic rings. The molecular weight excluding hydrogens is 322 g/mol. The highest BCUT2D eigenvalue weighted by Crippen LogP contribution is 2.27. The molecule has 106 valence electrons. The molecule has 0 aliphatic heterocycles. The maximum absolute atomic E-state index is 5.68. The Labute approximate surface area is 125 Å². The fourth-order valence-corrected chi connectivity index (χ4v) is 2.40. The lowest BCUT2D eigenvalue weighted by Gasteiger charge is -2.09. The first-order valence-corrected chi connectivity index (χ1v) is 7.44. The second-order valence-electron chi connectivity index (χ2n) is 4.94. The normalized spacial score (nSPS) is 14.5. The lowest BCUT2D eigenvalue weighted by Crippen LogP contribution is -2.15. The summed E-state index contributed by atoms with van der Waals surface area (Å²) in [6, 6.07) is 6.82. The van der Waals surface area contributed by atoms with Crippen molar-refractivity contribution in [2.75, 3.05) is 0 Å². The van der Waals surface area contributed by atoms with E-state index in [4.69, 9.17) is 9.26 Å². The molecule has 3 rings (SSSR count). The third kappa shape index (κ3) is 3.58. The second-order valence-corrected chi connectivity index (χ2v) is 5.79. The summed E-state index contributed by atoms with van der Waals surface area (Å²) < 4.78 is 11.5. The molecule has 0 saturated heterocycles. The van der Waals surface area contributed by atoms with E-state index < -0.39 is 0 Å². The largest absolute Gasteiger partial charge is 0.484 e. The molecule has 1 aromatic heterocycles.